The molecule has 0 aliphatic carbocycles. The van der Waals surface area contributed by atoms with Gasteiger partial charge in [-0.15, -0.1) is 0 Å². The van der Waals surface area contributed by atoms with E-state index in [9.17, 15) is 4.79 Å². The van der Waals surface area contributed by atoms with Crippen LogP contribution in [0.3, 0.4) is 0 Å². The van der Waals surface area contributed by atoms with E-state index in [1.165, 1.54) is 6.07 Å². The molecule has 0 fully saturated rings. The Morgan fingerprint density at radius 1 is 1.22 bits per heavy atom. The summed E-state index contributed by atoms with van der Waals surface area (Å²) >= 11 is 0. The Hall–Kier alpha value is -2.86. The molecule has 3 N–H and O–H groups in total. The fraction of sp³-hybridized carbons (Fsp3) is 0.176. The summed E-state index contributed by atoms with van der Waals surface area (Å²) in [5, 5.41) is 15.4. The van der Waals surface area contributed by atoms with Crippen molar-refractivity contribution < 1.29 is 14.3 Å². The van der Waals surface area contributed by atoms with E-state index in [0.29, 0.717) is 17.0 Å². The predicted octanol–water partition coefficient (Wildman–Crippen LogP) is 2.82. The zero-order valence-electron chi connectivity index (χ0n) is 12.7. The van der Waals surface area contributed by atoms with E-state index in [1.54, 1.807) is 18.2 Å². The molecule has 0 aliphatic heterocycles. The highest BCUT2D eigenvalue weighted by atomic mass is 16.4. The van der Waals surface area contributed by atoms with Crippen molar-refractivity contribution in [3.63, 3.8) is 0 Å². The number of carboxylic acid groups (broad SMARTS) is 1. The topological polar surface area (TPSA) is 87.4 Å². The monoisotopic (exact) mass is 311 g/mol. The van der Waals surface area contributed by atoms with E-state index < -0.39 is 5.97 Å². The van der Waals surface area contributed by atoms with Gasteiger partial charge in [0.25, 0.3) is 0 Å². The molecule has 0 bridgehead atoms. The maximum Gasteiger partial charge on any atom is 0.335 e. The maximum absolute atomic E-state index is 11.1. The van der Waals surface area contributed by atoms with Crippen molar-refractivity contribution in [3.05, 3.63) is 48.0 Å². The number of benzene rings is 2. The molecule has 0 radical (unpaired) electrons. The average molecular weight is 311 g/mol. The molecule has 118 valence electrons. The summed E-state index contributed by atoms with van der Waals surface area (Å²) in [6, 6.07) is 12.3. The summed E-state index contributed by atoms with van der Waals surface area (Å²) in [5.74, 6) is -0.561. The van der Waals surface area contributed by atoms with Crippen LogP contribution in [0.1, 0.15) is 10.4 Å². The van der Waals surface area contributed by atoms with Gasteiger partial charge in [-0.1, -0.05) is 6.07 Å². The third kappa shape index (κ3) is 3.32. The number of hydrogen-bond acceptors (Lipinski definition) is 5. The zero-order chi connectivity index (χ0) is 16.2. The van der Waals surface area contributed by atoms with Gasteiger partial charge in [0.2, 0.25) is 5.89 Å². The standard InChI is InChI=1S/C17H17N3O3/c1-18-7-8-19-13-5-6-14-15(10-13)23-16(20-14)11-3-2-4-12(9-11)17(21)22/h2-6,9-10,18-19H,7-8H2,1H3,(H,21,22). The highest BCUT2D eigenvalue weighted by molar-refractivity contribution is 5.89. The lowest BCUT2D eigenvalue weighted by Crippen LogP contribution is -2.17. The summed E-state index contributed by atoms with van der Waals surface area (Å²) in [6.45, 7) is 1.67. The van der Waals surface area contributed by atoms with Crippen molar-refractivity contribution >= 4 is 22.8 Å². The summed E-state index contributed by atoms with van der Waals surface area (Å²) in [6.07, 6.45) is 0. The van der Waals surface area contributed by atoms with Gasteiger partial charge in [-0.25, -0.2) is 9.78 Å². The Morgan fingerprint density at radius 2 is 2.09 bits per heavy atom. The number of likely N-dealkylation sites (N-methyl/N-ethyl adjacent to an activating group) is 1. The molecule has 2 aromatic carbocycles. The highest BCUT2D eigenvalue weighted by Crippen LogP contribution is 2.26. The molecule has 0 atom stereocenters. The molecule has 0 saturated heterocycles. The van der Waals surface area contributed by atoms with Gasteiger partial charge in [0.05, 0.1) is 5.56 Å². The number of oxazole rings is 1. The number of nitrogens with zero attached hydrogens (tertiary/aromatic N) is 1. The van der Waals surface area contributed by atoms with Crippen LogP contribution >= 0.6 is 0 Å². The molecule has 1 aromatic heterocycles. The first-order chi connectivity index (χ1) is 11.2. The third-order valence-corrected chi connectivity index (χ3v) is 3.45. The minimum atomic E-state index is -0.973. The van der Waals surface area contributed by atoms with Crippen molar-refractivity contribution in [2.45, 2.75) is 0 Å². The molecule has 3 aromatic rings. The van der Waals surface area contributed by atoms with Gasteiger partial charge in [-0.05, 0) is 37.4 Å². The number of rotatable bonds is 6. The van der Waals surface area contributed by atoms with Gasteiger partial charge >= 0.3 is 5.97 Å². The molecule has 6 nitrogen and oxygen atoms in total. The number of fused-ring (bicyclic) bond motifs is 1. The number of anilines is 1. The van der Waals surface area contributed by atoms with E-state index in [2.05, 4.69) is 15.6 Å². The highest BCUT2D eigenvalue weighted by Gasteiger charge is 2.11. The van der Waals surface area contributed by atoms with E-state index in [4.69, 9.17) is 9.52 Å². The molecule has 23 heavy (non-hydrogen) atoms. The lowest BCUT2D eigenvalue weighted by Gasteiger charge is -2.04. The Balaban J connectivity index is 1.90. The summed E-state index contributed by atoms with van der Waals surface area (Å²) < 4.78 is 5.78. The van der Waals surface area contributed by atoms with Gasteiger partial charge in [0.1, 0.15) is 5.52 Å². The lowest BCUT2D eigenvalue weighted by atomic mass is 10.1. The van der Waals surface area contributed by atoms with Crippen LogP contribution in [0.2, 0.25) is 0 Å². The van der Waals surface area contributed by atoms with Crippen molar-refractivity contribution in [2.75, 3.05) is 25.5 Å². The molecule has 1 heterocycles. The second kappa shape index (κ2) is 6.50. The van der Waals surface area contributed by atoms with E-state index in [0.717, 1.165) is 24.3 Å². The Morgan fingerprint density at radius 3 is 2.87 bits per heavy atom. The first kappa shape index (κ1) is 15.1. The molecule has 3 rings (SSSR count). The molecule has 0 amide bonds. The number of nitrogens with one attached hydrogen (secondary N) is 2. The second-order valence-electron chi connectivity index (χ2n) is 5.12. The quantitative estimate of drug-likeness (QED) is 0.607. The van der Waals surface area contributed by atoms with Crippen LogP contribution in [-0.4, -0.2) is 36.2 Å². The summed E-state index contributed by atoms with van der Waals surface area (Å²) in [4.78, 5) is 15.5. The number of aromatic nitrogens is 1. The van der Waals surface area contributed by atoms with Crippen LogP contribution < -0.4 is 10.6 Å². The van der Waals surface area contributed by atoms with Crippen LogP contribution in [0.4, 0.5) is 5.69 Å². The summed E-state index contributed by atoms with van der Waals surface area (Å²) in [7, 11) is 1.90. The average Bonchev–Trinajstić information content (AvgIpc) is 2.98. The van der Waals surface area contributed by atoms with Crippen LogP contribution in [0.5, 0.6) is 0 Å². The van der Waals surface area contributed by atoms with Gasteiger partial charge in [-0.3, -0.25) is 0 Å². The first-order valence-electron chi connectivity index (χ1n) is 7.30. The number of carbonyl (C=O) groups is 1. The fourth-order valence-electron chi connectivity index (χ4n) is 2.28. The van der Waals surface area contributed by atoms with Crippen molar-refractivity contribution in [1.82, 2.24) is 10.3 Å². The van der Waals surface area contributed by atoms with E-state index in [1.807, 2.05) is 25.2 Å². The third-order valence-electron chi connectivity index (χ3n) is 3.45. The molecular weight excluding hydrogens is 294 g/mol. The normalized spacial score (nSPS) is 10.8. The van der Waals surface area contributed by atoms with Crippen molar-refractivity contribution in [3.8, 4) is 11.5 Å². The van der Waals surface area contributed by atoms with Gasteiger partial charge in [0, 0.05) is 30.4 Å². The number of hydrogen-bond donors (Lipinski definition) is 3. The van der Waals surface area contributed by atoms with Crippen LogP contribution in [-0.2, 0) is 0 Å². The molecule has 0 spiro atoms. The Kier molecular flexibility index (Phi) is 4.25. The number of carboxylic acids is 1. The largest absolute Gasteiger partial charge is 0.478 e. The number of aromatic carboxylic acids is 1. The van der Waals surface area contributed by atoms with Gasteiger partial charge in [-0.2, -0.15) is 0 Å². The van der Waals surface area contributed by atoms with Crippen LogP contribution in [0, 0.1) is 0 Å². The first-order valence-corrected chi connectivity index (χ1v) is 7.30. The lowest BCUT2D eigenvalue weighted by molar-refractivity contribution is 0.0697. The smallest absolute Gasteiger partial charge is 0.335 e. The molecule has 6 heteroatoms. The molecule has 0 unspecified atom stereocenters. The Labute approximate surface area is 133 Å². The van der Waals surface area contributed by atoms with Crippen molar-refractivity contribution in [1.29, 1.82) is 0 Å². The molecule has 0 saturated carbocycles. The van der Waals surface area contributed by atoms with E-state index >= 15 is 0 Å². The molecular formula is C17H17N3O3. The maximum atomic E-state index is 11.1. The van der Waals surface area contributed by atoms with Gasteiger partial charge < -0.3 is 20.2 Å². The minimum Gasteiger partial charge on any atom is -0.478 e. The van der Waals surface area contributed by atoms with E-state index in [-0.39, 0.29) is 5.56 Å². The molecule has 0 aliphatic rings. The SMILES string of the molecule is CNCCNc1ccc2nc(-c3cccc(C(=O)O)c3)oc2c1. The van der Waals surface area contributed by atoms with Crippen molar-refractivity contribution in [2.24, 2.45) is 0 Å². The zero-order valence-corrected chi connectivity index (χ0v) is 12.7. The summed E-state index contributed by atoms with van der Waals surface area (Å²) in [5.41, 5.74) is 3.20. The van der Waals surface area contributed by atoms with Crippen LogP contribution in [0.15, 0.2) is 46.9 Å². The van der Waals surface area contributed by atoms with Crippen LogP contribution in [0.25, 0.3) is 22.6 Å². The second-order valence-corrected chi connectivity index (χ2v) is 5.12. The van der Waals surface area contributed by atoms with Gasteiger partial charge in [0.15, 0.2) is 5.58 Å². The Bertz CT molecular complexity index is 842. The fourth-order valence-corrected chi connectivity index (χ4v) is 2.28. The minimum absolute atomic E-state index is 0.208. The predicted molar refractivity (Wildman–Crippen MR) is 88.8 cm³/mol.